The number of halogens is 1. The van der Waals surface area contributed by atoms with Crippen LogP contribution in [0, 0.1) is 11.3 Å². The number of hydrogen-bond acceptors (Lipinski definition) is 3. The molecule has 1 aromatic heterocycles. The van der Waals surface area contributed by atoms with Crippen molar-refractivity contribution in [1.82, 2.24) is 0 Å². The molecule has 0 amide bonds. The van der Waals surface area contributed by atoms with E-state index < -0.39 is 5.41 Å². The monoisotopic (exact) mass is 292 g/mol. The van der Waals surface area contributed by atoms with E-state index in [1.54, 1.807) is 11.3 Å². The predicted molar refractivity (Wildman–Crippen MR) is 67.2 cm³/mol. The second kappa shape index (κ2) is 5.43. The third kappa shape index (κ3) is 2.81. The summed E-state index contributed by atoms with van der Waals surface area (Å²) in [6, 6.07) is 2.00. The van der Waals surface area contributed by atoms with Gasteiger partial charge in [0.05, 0.1) is 13.2 Å². The Balaban J connectivity index is 2.88. The molecule has 86 valence electrons. The van der Waals surface area contributed by atoms with Crippen LogP contribution in [-0.2, 0) is 6.42 Å². The molecular formula is C11H17BrO2S. The first kappa shape index (κ1) is 13.2. The van der Waals surface area contributed by atoms with E-state index in [1.807, 2.05) is 25.3 Å². The molecule has 1 aromatic rings. The van der Waals surface area contributed by atoms with Crippen LogP contribution in [0.15, 0.2) is 15.9 Å². The summed E-state index contributed by atoms with van der Waals surface area (Å²) in [6.45, 7) is 4.11. The molecule has 15 heavy (non-hydrogen) atoms. The smallest absolute Gasteiger partial charge is 0.0515 e. The van der Waals surface area contributed by atoms with Gasteiger partial charge in [0.1, 0.15) is 0 Å². The maximum Gasteiger partial charge on any atom is 0.0515 e. The standard InChI is InChI=1S/C11H17BrO2S/c1-8(2)11(6-13,7-14)5-10-9(12)3-4-15-10/h3-4,8,13-14H,5-7H2,1-2H3. The highest BCUT2D eigenvalue weighted by molar-refractivity contribution is 9.10. The minimum Gasteiger partial charge on any atom is -0.396 e. The van der Waals surface area contributed by atoms with Crippen LogP contribution in [0.25, 0.3) is 0 Å². The highest BCUT2D eigenvalue weighted by Crippen LogP contribution is 2.35. The Morgan fingerprint density at radius 3 is 2.33 bits per heavy atom. The van der Waals surface area contributed by atoms with Gasteiger partial charge < -0.3 is 10.2 Å². The third-order valence-electron chi connectivity index (χ3n) is 3.06. The number of aliphatic hydroxyl groups excluding tert-OH is 2. The van der Waals surface area contributed by atoms with Crippen molar-refractivity contribution >= 4 is 27.3 Å². The fourth-order valence-electron chi connectivity index (χ4n) is 1.50. The Morgan fingerprint density at radius 1 is 1.40 bits per heavy atom. The van der Waals surface area contributed by atoms with Crippen LogP contribution in [0.4, 0.5) is 0 Å². The summed E-state index contributed by atoms with van der Waals surface area (Å²) in [5, 5.41) is 20.9. The molecule has 0 unspecified atom stereocenters. The summed E-state index contributed by atoms with van der Waals surface area (Å²) in [7, 11) is 0. The Kier molecular flexibility index (Phi) is 4.77. The van der Waals surface area contributed by atoms with Gasteiger partial charge in [0.15, 0.2) is 0 Å². The Morgan fingerprint density at radius 2 is 2.00 bits per heavy atom. The van der Waals surface area contributed by atoms with E-state index in [0.29, 0.717) is 0 Å². The van der Waals surface area contributed by atoms with Crippen LogP contribution >= 0.6 is 27.3 Å². The molecule has 0 aromatic carbocycles. The Hall–Kier alpha value is 0.100. The molecule has 1 rings (SSSR count). The first-order valence-electron chi connectivity index (χ1n) is 4.99. The number of rotatable bonds is 5. The summed E-state index contributed by atoms with van der Waals surface area (Å²) in [4.78, 5) is 1.19. The molecule has 0 fully saturated rings. The highest BCUT2D eigenvalue weighted by atomic mass is 79.9. The lowest BCUT2D eigenvalue weighted by molar-refractivity contribution is 0.0168. The lowest BCUT2D eigenvalue weighted by Crippen LogP contribution is -2.37. The molecule has 0 saturated carbocycles. The van der Waals surface area contributed by atoms with Gasteiger partial charge in [-0.1, -0.05) is 13.8 Å². The summed E-state index contributed by atoms with van der Waals surface area (Å²) >= 11 is 5.13. The number of thiophene rings is 1. The average Bonchev–Trinajstić information content (AvgIpc) is 2.60. The largest absolute Gasteiger partial charge is 0.396 e. The van der Waals surface area contributed by atoms with Gasteiger partial charge in [-0.15, -0.1) is 11.3 Å². The summed E-state index contributed by atoms with van der Waals surface area (Å²) in [6.07, 6.45) is 0.718. The van der Waals surface area contributed by atoms with E-state index in [1.165, 1.54) is 4.88 Å². The first-order valence-corrected chi connectivity index (χ1v) is 6.66. The summed E-state index contributed by atoms with van der Waals surface area (Å²) in [5.74, 6) is 0.251. The first-order chi connectivity index (χ1) is 7.05. The van der Waals surface area contributed by atoms with Crippen molar-refractivity contribution in [2.75, 3.05) is 13.2 Å². The van der Waals surface area contributed by atoms with Crippen LogP contribution in [0.2, 0.25) is 0 Å². The minimum absolute atomic E-state index is 0.0194. The fourth-order valence-corrected chi connectivity index (χ4v) is 3.15. The Labute approximate surface area is 103 Å². The van der Waals surface area contributed by atoms with E-state index in [4.69, 9.17) is 0 Å². The molecule has 0 atom stereocenters. The molecule has 0 radical (unpaired) electrons. The van der Waals surface area contributed by atoms with Gasteiger partial charge in [0.2, 0.25) is 0 Å². The van der Waals surface area contributed by atoms with Crippen molar-refractivity contribution in [1.29, 1.82) is 0 Å². The van der Waals surface area contributed by atoms with Crippen molar-refractivity contribution in [3.63, 3.8) is 0 Å². The Bertz CT molecular complexity index is 305. The maximum atomic E-state index is 9.47. The zero-order valence-corrected chi connectivity index (χ0v) is 11.4. The maximum absolute atomic E-state index is 9.47. The molecule has 4 heteroatoms. The van der Waals surface area contributed by atoms with E-state index in [0.717, 1.165) is 10.9 Å². The molecule has 2 N–H and O–H groups in total. The van der Waals surface area contributed by atoms with Crippen LogP contribution in [0.5, 0.6) is 0 Å². The van der Waals surface area contributed by atoms with Crippen molar-refractivity contribution in [2.45, 2.75) is 20.3 Å². The van der Waals surface area contributed by atoms with Crippen molar-refractivity contribution < 1.29 is 10.2 Å². The van der Waals surface area contributed by atoms with E-state index in [-0.39, 0.29) is 19.1 Å². The minimum atomic E-state index is -0.409. The zero-order valence-electron chi connectivity index (χ0n) is 9.03. The van der Waals surface area contributed by atoms with Gasteiger partial charge in [0.25, 0.3) is 0 Å². The predicted octanol–water partition coefficient (Wildman–Crippen LogP) is 2.68. The molecule has 0 aliphatic heterocycles. The van der Waals surface area contributed by atoms with Gasteiger partial charge >= 0.3 is 0 Å². The SMILES string of the molecule is CC(C)C(CO)(CO)Cc1sccc1Br. The third-order valence-corrected chi connectivity index (χ3v) is 4.98. The summed E-state index contributed by atoms with van der Waals surface area (Å²) in [5.41, 5.74) is -0.409. The summed E-state index contributed by atoms with van der Waals surface area (Å²) < 4.78 is 1.07. The molecule has 1 heterocycles. The topological polar surface area (TPSA) is 40.5 Å². The van der Waals surface area contributed by atoms with Gasteiger partial charge in [-0.3, -0.25) is 0 Å². The van der Waals surface area contributed by atoms with E-state index in [2.05, 4.69) is 15.9 Å². The molecular weight excluding hydrogens is 276 g/mol. The normalized spacial score (nSPS) is 12.4. The number of hydrogen-bond donors (Lipinski definition) is 2. The van der Waals surface area contributed by atoms with E-state index >= 15 is 0 Å². The fraction of sp³-hybridized carbons (Fsp3) is 0.636. The van der Waals surface area contributed by atoms with Gasteiger partial charge in [-0.2, -0.15) is 0 Å². The van der Waals surface area contributed by atoms with E-state index in [9.17, 15) is 10.2 Å². The van der Waals surface area contributed by atoms with Gasteiger partial charge in [-0.25, -0.2) is 0 Å². The van der Waals surface area contributed by atoms with Crippen LogP contribution in [0.1, 0.15) is 18.7 Å². The zero-order chi connectivity index (χ0) is 11.5. The molecule has 0 spiro atoms. The van der Waals surface area contributed by atoms with Crippen LogP contribution in [0.3, 0.4) is 0 Å². The quantitative estimate of drug-likeness (QED) is 0.876. The average molecular weight is 293 g/mol. The van der Waals surface area contributed by atoms with Gasteiger partial charge in [0, 0.05) is 14.8 Å². The second-order valence-electron chi connectivity index (χ2n) is 4.20. The lowest BCUT2D eigenvalue weighted by Gasteiger charge is -2.33. The number of aliphatic hydroxyl groups is 2. The van der Waals surface area contributed by atoms with Crippen molar-refractivity contribution in [2.24, 2.45) is 11.3 Å². The molecule has 0 aliphatic rings. The van der Waals surface area contributed by atoms with Crippen molar-refractivity contribution in [3.8, 4) is 0 Å². The molecule has 2 nitrogen and oxygen atoms in total. The van der Waals surface area contributed by atoms with Crippen molar-refractivity contribution in [3.05, 3.63) is 20.8 Å². The second-order valence-corrected chi connectivity index (χ2v) is 6.06. The molecule has 0 saturated heterocycles. The highest BCUT2D eigenvalue weighted by Gasteiger charge is 2.33. The molecule has 0 bridgehead atoms. The molecule has 0 aliphatic carbocycles. The lowest BCUT2D eigenvalue weighted by atomic mass is 9.75. The van der Waals surface area contributed by atoms with Crippen LogP contribution < -0.4 is 0 Å². The van der Waals surface area contributed by atoms with Gasteiger partial charge in [-0.05, 0) is 39.7 Å². The van der Waals surface area contributed by atoms with Crippen LogP contribution in [-0.4, -0.2) is 23.4 Å².